The van der Waals surface area contributed by atoms with Crippen LogP contribution in [0, 0.1) is 0 Å². The van der Waals surface area contributed by atoms with Gasteiger partial charge in [-0.15, -0.1) is 11.8 Å². The molecule has 0 unspecified atom stereocenters. The van der Waals surface area contributed by atoms with Gasteiger partial charge in [0.2, 0.25) is 0 Å². The first-order valence-electron chi connectivity index (χ1n) is 5.84. The third-order valence-electron chi connectivity index (χ3n) is 3.32. The van der Waals surface area contributed by atoms with Crippen LogP contribution < -0.4 is 0 Å². The molecule has 1 aliphatic rings. The molecule has 18 heavy (non-hydrogen) atoms. The SMILES string of the molecule is CCC1(O)CN(C(=O)c2cc(SC)ccc2Cl)C1. The van der Waals surface area contributed by atoms with Gasteiger partial charge < -0.3 is 10.0 Å². The highest BCUT2D eigenvalue weighted by molar-refractivity contribution is 7.98. The average Bonchev–Trinajstić information content (AvgIpc) is 2.35. The van der Waals surface area contributed by atoms with Gasteiger partial charge in [0.25, 0.3) is 5.91 Å². The second-order valence-electron chi connectivity index (χ2n) is 4.58. The molecule has 2 rings (SSSR count). The number of hydrogen-bond donors (Lipinski definition) is 1. The van der Waals surface area contributed by atoms with Crippen molar-refractivity contribution in [1.82, 2.24) is 4.90 Å². The summed E-state index contributed by atoms with van der Waals surface area (Å²) in [5, 5.41) is 10.4. The largest absolute Gasteiger partial charge is 0.386 e. The van der Waals surface area contributed by atoms with E-state index >= 15 is 0 Å². The molecule has 0 atom stereocenters. The Labute approximate surface area is 116 Å². The molecule has 3 nitrogen and oxygen atoms in total. The molecule has 0 radical (unpaired) electrons. The average molecular weight is 286 g/mol. The van der Waals surface area contributed by atoms with E-state index in [4.69, 9.17) is 11.6 Å². The standard InChI is InChI=1S/C13H16ClNO2S/c1-3-13(17)7-15(8-13)12(16)10-6-9(18-2)4-5-11(10)14/h4-6,17H,3,7-8H2,1-2H3. The molecule has 0 aliphatic carbocycles. The van der Waals surface area contributed by atoms with Gasteiger partial charge in [-0.2, -0.15) is 0 Å². The summed E-state index contributed by atoms with van der Waals surface area (Å²) in [6.45, 7) is 2.70. The lowest BCUT2D eigenvalue weighted by molar-refractivity contribution is -0.0826. The van der Waals surface area contributed by atoms with E-state index in [-0.39, 0.29) is 5.91 Å². The van der Waals surface area contributed by atoms with Gasteiger partial charge in [0.15, 0.2) is 0 Å². The van der Waals surface area contributed by atoms with Crippen LogP contribution in [0.1, 0.15) is 23.7 Å². The summed E-state index contributed by atoms with van der Waals surface area (Å²) in [6.07, 6.45) is 2.62. The first-order valence-corrected chi connectivity index (χ1v) is 7.44. The number of carbonyl (C=O) groups is 1. The first-order chi connectivity index (χ1) is 8.49. The van der Waals surface area contributed by atoms with Crippen LogP contribution in [0.2, 0.25) is 5.02 Å². The van der Waals surface area contributed by atoms with Crippen LogP contribution in [0.25, 0.3) is 0 Å². The Bertz CT molecular complexity index is 472. The minimum Gasteiger partial charge on any atom is -0.386 e. The molecule has 1 fully saturated rings. The Morgan fingerprint density at radius 2 is 2.22 bits per heavy atom. The highest BCUT2D eigenvalue weighted by Gasteiger charge is 2.42. The second-order valence-corrected chi connectivity index (χ2v) is 5.87. The van der Waals surface area contributed by atoms with Gasteiger partial charge in [-0.25, -0.2) is 0 Å². The number of halogens is 1. The zero-order valence-corrected chi connectivity index (χ0v) is 12.0. The molecule has 1 aromatic rings. The molecule has 0 aromatic heterocycles. The van der Waals surface area contributed by atoms with E-state index in [1.54, 1.807) is 28.8 Å². The van der Waals surface area contributed by atoms with Crippen LogP contribution >= 0.6 is 23.4 Å². The molecule has 5 heteroatoms. The van der Waals surface area contributed by atoms with E-state index < -0.39 is 5.60 Å². The number of carbonyl (C=O) groups excluding carboxylic acids is 1. The monoisotopic (exact) mass is 285 g/mol. The third-order valence-corrected chi connectivity index (χ3v) is 4.37. The maximum Gasteiger partial charge on any atom is 0.255 e. The summed E-state index contributed by atoms with van der Waals surface area (Å²) in [6, 6.07) is 5.44. The van der Waals surface area contributed by atoms with Crippen molar-refractivity contribution >= 4 is 29.3 Å². The number of amides is 1. The summed E-state index contributed by atoms with van der Waals surface area (Å²) >= 11 is 7.63. The van der Waals surface area contributed by atoms with Crippen LogP contribution in [0.3, 0.4) is 0 Å². The van der Waals surface area contributed by atoms with Crippen molar-refractivity contribution in [3.63, 3.8) is 0 Å². The molecule has 0 spiro atoms. The minimum atomic E-state index is -0.709. The number of β-amino-alcohol motifs (C(OH)–C–C–N with tert-alkyl or cyclic N) is 1. The van der Waals surface area contributed by atoms with Gasteiger partial charge in [-0.1, -0.05) is 18.5 Å². The number of benzene rings is 1. The molecule has 1 aromatic carbocycles. The predicted molar refractivity (Wildman–Crippen MR) is 74.4 cm³/mol. The Hall–Kier alpha value is -0.710. The minimum absolute atomic E-state index is 0.103. The summed E-state index contributed by atoms with van der Waals surface area (Å²) < 4.78 is 0. The van der Waals surface area contributed by atoms with E-state index in [2.05, 4.69) is 0 Å². The van der Waals surface area contributed by atoms with Crippen molar-refractivity contribution in [3.05, 3.63) is 28.8 Å². The number of aliphatic hydroxyl groups is 1. The van der Waals surface area contributed by atoms with Crippen LogP contribution in [-0.4, -0.2) is 40.9 Å². The van der Waals surface area contributed by atoms with Gasteiger partial charge in [-0.05, 0) is 30.9 Å². The molecule has 1 saturated heterocycles. The number of likely N-dealkylation sites (tertiary alicyclic amines) is 1. The molecule has 0 saturated carbocycles. The van der Waals surface area contributed by atoms with E-state index in [0.29, 0.717) is 30.1 Å². The fourth-order valence-corrected chi connectivity index (χ4v) is 2.64. The van der Waals surface area contributed by atoms with E-state index in [0.717, 1.165) is 4.90 Å². The van der Waals surface area contributed by atoms with Crippen LogP contribution in [0.4, 0.5) is 0 Å². The number of hydrogen-bond acceptors (Lipinski definition) is 3. The van der Waals surface area contributed by atoms with Crippen molar-refractivity contribution in [2.75, 3.05) is 19.3 Å². The molecule has 1 amide bonds. The Kier molecular flexibility index (Phi) is 3.90. The fourth-order valence-electron chi connectivity index (χ4n) is 2.00. The highest BCUT2D eigenvalue weighted by atomic mass is 35.5. The summed E-state index contributed by atoms with van der Waals surface area (Å²) in [7, 11) is 0. The Balaban J connectivity index is 2.15. The molecule has 1 aliphatic heterocycles. The zero-order chi connectivity index (χ0) is 13.3. The quantitative estimate of drug-likeness (QED) is 0.868. The second kappa shape index (κ2) is 5.11. The van der Waals surface area contributed by atoms with Crippen molar-refractivity contribution < 1.29 is 9.90 Å². The topological polar surface area (TPSA) is 40.5 Å². The summed E-state index contributed by atoms with van der Waals surface area (Å²) in [5.74, 6) is -0.103. The molecule has 98 valence electrons. The zero-order valence-electron chi connectivity index (χ0n) is 10.4. The molecule has 0 bridgehead atoms. The van der Waals surface area contributed by atoms with E-state index in [1.807, 2.05) is 19.2 Å². The summed E-state index contributed by atoms with van der Waals surface area (Å²) in [5.41, 5.74) is -0.194. The maximum absolute atomic E-state index is 12.2. The van der Waals surface area contributed by atoms with Crippen molar-refractivity contribution in [2.24, 2.45) is 0 Å². The summed E-state index contributed by atoms with van der Waals surface area (Å²) in [4.78, 5) is 14.9. The number of thioether (sulfide) groups is 1. The van der Waals surface area contributed by atoms with Gasteiger partial charge >= 0.3 is 0 Å². The number of nitrogens with zero attached hydrogens (tertiary/aromatic N) is 1. The van der Waals surface area contributed by atoms with Crippen molar-refractivity contribution in [1.29, 1.82) is 0 Å². The highest BCUT2D eigenvalue weighted by Crippen LogP contribution is 2.29. The normalized spacial score (nSPS) is 17.4. The van der Waals surface area contributed by atoms with Crippen LogP contribution in [0.15, 0.2) is 23.1 Å². The smallest absolute Gasteiger partial charge is 0.255 e. The van der Waals surface area contributed by atoms with E-state index in [9.17, 15) is 9.90 Å². The molecular weight excluding hydrogens is 270 g/mol. The van der Waals surface area contributed by atoms with Crippen LogP contribution in [-0.2, 0) is 0 Å². The van der Waals surface area contributed by atoms with Crippen molar-refractivity contribution in [3.8, 4) is 0 Å². The lowest BCUT2D eigenvalue weighted by Gasteiger charge is -2.46. The molecule has 1 heterocycles. The number of rotatable bonds is 3. The Morgan fingerprint density at radius 3 is 2.78 bits per heavy atom. The van der Waals surface area contributed by atoms with Crippen molar-refractivity contribution in [2.45, 2.75) is 23.8 Å². The Morgan fingerprint density at radius 1 is 1.56 bits per heavy atom. The fraction of sp³-hybridized carbons (Fsp3) is 0.462. The van der Waals surface area contributed by atoms with E-state index in [1.165, 1.54) is 0 Å². The van der Waals surface area contributed by atoms with Crippen LogP contribution in [0.5, 0.6) is 0 Å². The predicted octanol–water partition coefficient (Wildman–Crippen LogP) is 2.66. The lowest BCUT2D eigenvalue weighted by Crippen LogP contribution is -2.63. The van der Waals surface area contributed by atoms with Gasteiger partial charge in [0, 0.05) is 4.90 Å². The van der Waals surface area contributed by atoms with Gasteiger partial charge in [0.05, 0.1) is 29.3 Å². The molecular formula is C13H16ClNO2S. The van der Waals surface area contributed by atoms with Gasteiger partial charge in [0.1, 0.15) is 0 Å². The van der Waals surface area contributed by atoms with Gasteiger partial charge in [-0.3, -0.25) is 4.79 Å². The molecule has 1 N–H and O–H groups in total. The lowest BCUT2D eigenvalue weighted by atomic mass is 9.90. The maximum atomic E-state index is 12.2. The third kappa shape index (κ3) is 2.51. The first kappa shape index (κ1) is 13.7.